The maximum absolute atomic E-state index is 12.5. The Morgan fingerprint density at radius 2 is 1.93 bits per heavy atom. The Labute approximate surface area is 176 Å². The molecule has 6 nitrogen and oxygen atoms in total. The number of rotatable bonds is 8. The summed E-state index contributed by atoms with van der Waals surface area (Å²) in [5.41, 5.74) is 1.51. The number of aliphatic imine (C=N–C) groups is 1. The molecule has 0 bridgehead atoms. The van der Waals surface area contributed by atoms with Crippen molar-refractivity contribution < 1.29 is 9.90 Å². The predicted molar refractivity (Wildman–Crippen MR) is 118 cm³/mol. The van der Waals surface area contributed by atoms with Crippen LogP contribution >= 0.6 is 11.3 Å². The van der Waals surface area contributed by atoms with E-state index >= 15 is 0 Å². The van der Waals surface area contributed by atoms with Crippen LogP contribution in [-0.4, -0.2) is 41.5 Å². The molecule has 1 atom stereocenters. The van der Waals surface area contributed by atoms with E-state index in [2.05, 4.69) is 27.8 Å². The molecule has 7 heteroatoms. The third-order valence-corrected chi connectivity index (χ3v) is 6.12. The van der Waals surface area contributed by atoms with Gasteiger partial charge < -0.3 is 20.6 Å². The summed E-state index contributed by atoms with van der Waals surface area (Å²) >= 11 is 1.52. The molecule has 1 aromatic heterocycles. The van der Waals surface area contributed by atoms with Gasteiger partial charge in [-0.2, -0.15) is 0 Å². The summed E-state index contributed by atoms with van der Waals surface area (Å²) < 4.78 is 0. The van der Waals surface area contributed by atoms with Gasteiger partial charge in [-0.1, -0.05) is 30.3 Å². The van der Waals surface area contributed by atoms with Crippen LogP contribution in [0.5, 0.6) is 0 Å². The second-order valence-corrected chi connectivity index (χ2v) is 8.44. The molecule has 2 aromatic rings. The van der Waals surface area contributed by atoms with Crippen molar-refractivity contribution in [1.82, 2.24) is 15.5 Å². The third-order valence-electron chi connectivity index (χ3n) is 4.99. The Bertz CT molecular complexity index is 808. The predicted octanol–water partition coefficient (Wildman–Crippen LogP) is 2.83. The van der Waals surface area contributed by atoms with Gasteiger partial charge in [0.2, 0.25) is 5.91 Å². The first-order valence-corrected chi connectivity index (χ1v) is 11.0. The van der Waals surface area contributed by atoms with Crippen molar-refractivity contribution in [1.29, 1.82) is 0 Å². The molecule has 3 rings (SSSR count). The summed E-state index contributed by atoms with van der Waals surface area (Å²) in [6.07, 6.45) is 1.24. The lowest BCUT2D eigenvalue weighted by atomic mass is 10.1. The summed E-state index contributed by atoms with van der Waals surface area (Å²) in [7, 11) is 0. The molecule has 1 unspecified atom stereocenters. The molecule has 1 aliphatic rings. The Balaban J connectivity index is 1.43. The molecule has 0 saturated heterocycles. The lowest BCUT2D eigenvalue weighted by Crippen LogP contribution is -2.39. The molecule has 156 valence electrons. The Kier molecular flexibility index (Phi) is 7.28. The fourth-order valence-electron chi connectivity index (χ4n) is 3.35. The highest BCUT2D eigenvalue weighted by Crippen LogP contribution is 2.25. The van der Waals surface area contributed by atoms with Crippen molar-refractivity contribution in [3.05, 3.63) is 57.8 Å². The number of carbonyl (C=O) groups excluding carboxylic acids is 1. The van der Waals surface area contributed by atoms with Crippen LogP contribution in [0.3, 0.4) is 0 Å². The van der Waals surface area contributed by atoms with Gasteiger partial charge >= 0.3 is 0 Å². The molecule has 0 radical (unpaired) electrons. The minimum atomic E-state index is -0.989. The van der Waals surface area contributed by atoms with Crippen molar-refractivity contribution in [2.45, 2.75) is 45.4 Å². The summed E-state index contributed by atoms with van der Waals surface area (Å²) in [6.45, 7) is 6.86. The fraction of sp³-hybridized carbons (Fsp3) is 0.455. The number of benzene rings is 1. The molecule has 0 fully saturated rings. The van der Waals surface area contributed by atoms with Gasteiger partial charge in [0, 0.05) is 37.5 Å². The zero-order valence-corrected chi connectivity index (χ0v) is 18.0. The van der Waals surface area contributed by atoms with Gasteiger partial charge in [0.15, 0.2) is 5.96 Å². The van der Waals surface area contributed by atoms with E-state index in [-0.39, 0.29) is 12.5 Å². The van der Waals surface area contributed by atoms with Gasteiger partial charge in [-0.3, -0.25) is 4.79 Å². The number of hydrogen-bond acceptors (Lipinski definition) is 4. The summed E-state index contributed by atoms with van der Waals surface area (Å²) in [4.78, 5) is 19.8. The highest BCUT2D eigenvalue weighted by atomic mass is 32.1. The number of nitrogens with zero attached hydrogens (tertiary/aromatic N) is 2. The van der Waals surface area contributed by atoms with Crippen LogP contribution in [0.4, 0.5) is 0 Å². The summed E-state index contributed by atoms with van der Waals surface area (Å²) in [5.74, 6) is 0.843. The van der Waals surface area contributed by atoms with Crippen molar-refractivity contribution in [2.75, 3.05) is 19.6 Å². The van der Waals surface area contributed by atoms with E-state index in [1.54, 1.807) is 6.92 Å². The zero-order chi connectivity index (χ0) is 20.7. The number of fused-ring (bicyclic) bond motifs is 1. The largest absolute Gasteiger partial charge is 0.383 e. The maximum atomic E-state index is 12.5. The standard InChI is InChI=1S/C22H30N4O2S/c1-3-23-21(25-16-22(2,28)19-10-7-13-29-19)24-12-6-11-20(27)26-14-17-8-4-5-9-18(17)15-26/h4-5,7-10,13,28H,3,6,11-12,14-16H2,1-2H3,(H2,23,24,25). The lowest BCUT2D eigenvalue weighted by molar-refractivity contribution is -0.131. The molecule has 29 heavy (non-hydrogen) atoms. The highest BCUT2D eigenvalue weighted by Gasteiger charge is 2.24. The van der Waals surface area contributed by atoms with Crippen LogP contribution in [0.15, 0.2) is 46.8 Å². The third kappa shape index (κ3) is 5.81. The number of carbonyl (C=O) groups is 1. The summed E-state index contributed by atoms with van der Waals surface area (Å²) in [6, 6.07) is 12.1. The van der Waals surface area contributed by atoms with E-state index in [1.165, 1.54) is 22.5 Å². The highest BCUT2D eigenvalue weighted by molar-refractivity contribution is 7.10. The van der Waals surface area contributed by atoms with Crippen LogP contribution in [-0.2, 0) is 23.5 Å². The van der Waals surface area contributed by atoms with E-state index in [4.69, 9.17) is 0 Å². The molecule has 0 saturated carbocycles. The smallest absolute Gasteiger partial charge is 0.223 e. The van der Waals surface area contributed by atoms with Crippen molar-refractivity contribution in [3.63, 3.8) is 0 Å². The first-order valence-electron chi connectivity index (χ1n) is 10.1. The molecular weight excluding hydrogens is 384 g/mol. The number of thiophene rings is 1. The fourth-order valence-corrected chi connectivity index (χ4v) is 4.13. The van der Waals surface area contributed by atoms with Gasteiger partial charge in [0.05, 0.1) is 6.54 Å². The molecule has 3 N–H and O–H groups in total. The lowest BCUT2D eigenvalue weighted by Gasteiger charge is -2.20. The second-order valence-electron chi connectivity index (χ2n) is 7.50. The average Bonchev–Trinajstić information content (AvgIpc) is 3.39. The van der Waals surface area contributed by atoms with Gasteiger partial charge in [-0.05, 0) is 42.8 Å². The maximum Gasteiger partial charge on any atom is 0.223 e. The van der Waals surface area contributed by atoms with Crippen molar-refractivity contribution >= 4 is 23.2 Å². The Morgan fingerprint density at radius 1 is 1.21 bits per heavy atom. The number of hydrogen-bond donors (Lipinski definition) is 3. The van der Waals surface area contributed by atoms with E-state index in [0.717, 1.165) is 17.8 Å². The van der Waals surface area contributed by atoms with Crippen molar-refractivity contribution in [2.24, 2.45) is 4.99 Å². The van der Waals surface area contributed by atoms with Gasteiger partial charge in [0.1, 0.15) is 5.60 Å². The first kappa shape index (κ1) is 21.3. The number of amides is 1. The molecular formula is C22H30N4O2S. The molecule has 1 amide bonds. The Hall–Kier alpha value is -2.38. The molecule has 1 aromatic carbocycles. The van der Waals surface area contributed by atoms with E-state index < -0.39 is 5.60 Å². The minimum Gasteiger partial charge on any atom is -0.383 e. The van der Waals surface area contributed by atoms with Crippen molar-refractivity contribution in [3.8, 4) is 0 Å². The molecule has 1 aliphatic heterocycles. The number of aliphatic hydroxyl groups is 1. The van der Waals surface area contributed by atoms with Crippen LogP contribution in [0.25, 0.3) is 0 Å². The monoisotopic (exact) mass is 414 g/mol. The SMILES string of the molecule is CCNC(=NCC(C)(O)c1cccs1)NCCCC(=O)N1Cc2ccccc2C1. The van der Waals surface area contributed by atoms with E-state index in [0.29, 0.717) is 32.0 Å². The van der Waals surface area contributed by atoms with E-state index in [9.17, 15) is 9.90 Å². The topological polar surface area (TPSA) is 77.0 Å². The average molecular weight is 415 g/mol. The van der Waals surface area contributed by atoms with Crippen LogP contribution in [0.2, 0.25) is 0 Å². The van der Waals surface area contributed by atoms with Crippen LogP contribution in [0, 0.1) is 0 Å². The van der Waals surface area contributed by atoms with Gasteiger partial charge in [0.25, 0.3) is 0 Å². The molecule has 0 aliphatic carbocycles. The second kappa shape index (κ2) is 9.89. The molecule has 2 heterocycles. The zero-order valence-electron chi connectivity index (χ0n) is 17.1. The van der Waals surface area contributed by atoms with Gasteiger partial charge in [-0.25, -0.2) is 4.99 Å². The quantitative estimate of drug-likeness (QED) is 0.353. The molecule has 0 spiro atoms. The normalized spacial score (nSPS) is 15.7. The van der Waals surface area contributed by atoms with Gasteiger partial charge in [-0.15, -0.1) is 11.3 Å². The first-order chi connectivity index (χ1) is 14.0. The minimum absolute atomic E-state index is 0.186. The van der Waals surface area contributed by atoms with E-state index in [1.807, 2.05) is 41.5 Å². The van der Waals surface area contributed by atoms with Crippen LogP contribution < -0.4 is 10.6 Å². The summed E-state index contributed by atoms with van der Waals surface area (Å²) in [5, 5.41) is 19.0. The Morgan fingerprint density at radius 3 is 2.55 bits per heavy atom. The van der Waals surface area contributed by atoms with Crippen LogP contribution in [0.1, 0.15) is 42.7 Å². The number of nitrogens with one attached hydrogen (secondary N) is 2. The number of guanidine groups is 1.